The fraction of sp³-hybridized carbons (Fsp3) is 0.0455. The van der Waals surface area contributed by atoms with E-state index in [-0.39, 0.29) is 11.1 Å². The molecule has 0 aliphatic carbocycles. The Labute approximate surface area is 161 Å². The van der Waals surface area contributed by atoms with Crippen molar-refractivity contribution in [3.8, 4) is 11.3 Å². The van der Waals surface area contributed by atoms with Crippen molar-refractivity contribution < 1.29 is 14.7 Å². The van der Waals surface area contributed by atoms with E-state index in [9.17, 15) is 14.7 Å². The van der Waals surface area contributed by atoms with Gasteiger partial charge in [-0.15, -0.1) is 0 Å². The van der Waals surface area contributed by atoms with E-state index < -0.39 is 11.9 Å². The summed E-state index contributed by atoms with van der Waals surface area (Å²) in [6.45, 7) is 1.97. The van der Waals surface area contributed by atoms with Gasteiger partial charge in [-0.2, -0.15) is 0 Å². The van der Waals surface area contributed by atoms with Gasteiger partial charge in [0.25, 0.3) is 5.91 Å². The molecule has 28 heavy (non-hydrogen) atoms. The molecule has 0 spiro atoms. The zero-order valence-corrected chi connectivity index (χ0v) is 15.1. The van der Waals surface area contributed by atoms with E-state index in [4.69, 9.17) is 0 Å². The second-order valence-corrected chi connectivity index (χ2v) is 6.41. The van der Waals surface area contributed by atoms with Crippen molar-refractivity contribution in [2.24, 2.45) is 0 Å². The van der Waals surface area contributed by atoms with Crippen molar-refractivity contribution in [3.05, 3.63) is 89.6 Å². The molecule has 0 atom stereocenters. The molecular weight excluding hydrogens is 354 g/mol. The predicted octanol–water partition coefficient (Wildman–Crippen LogP) is 4.26. The smallest absolute Gasteiger partial charge is 0.336 e. The highest BCUT2D eigenvalue weighted by Gasteiger charge is 2.20. The number of hydrogen-bond acceptors (Lipinski definition) is 3. The van der Waals surface area contributed by atoms with E-state index in [0.717, 1.165) is 11.1 Å². The van der Waals surface area contributed by atoms with Crippen LogP contribution in [-0.2, 0) is 0 Å². The van der Waals surface area contributed by atoms with E-state index in [0.29, 0.717) is 17.2 Å². The maximum Gasteiger partial charge on any atom is 0.336 e. The number of anilines is 1. The molecule has 0 radical (unpaired) electrons. The number of nitrogens with one attached hydrogen (secondary N) is 1. The van der Waals surface area contributed by atoms with Crippen LogP contribution in [0.5, 0.6) is 0 Å². The molecule has 2 aromatic carbocycles. The molecule has 0 saturated carbocycles. The van der Waals surface area contributed by atoms with Gasteiger partial charge in [0.1, 0.15) is 17.2 Å². The van der Waals surface area contributed by atoms with Gasteiger partial charge in [0.05, 0.1) is 11.1 Å². The standard InChI is InChI=1S/C22H17N3O3/c1-14-11-12-25-18(13-14)23-19(15-7-3-2-4-8-15)20(25)24-21(26)16-9-5-6-10-17(16)22(27)28/h2-13H,1H3,(H,24,26)(H,27,28). The Morgan fingerprint density at radius 3 is 2.36 bits per heavy atom. The van der Waals surface area contributed by atoms with Crippen molar-refractivity contribution in [2.45, 2.75) is 6.92 Å². The summed E-state index contributed by atoms with van der Waals surface area (Å²) in [7, 11) is 0. The quantitative estimate of drug-likeness (QED) is 0.561. The van der Waals surface area contributed by atoms with Gasteiger partial charge in [0.2, 0.25) is 0 Å². The monoisotopic (exact) mass is 371 g/mol. The first-order valence-electron chi connectivity index (χ1n) is 8.72. The number of carbonyl (C=O) groups is 2. The van der Waals surface area contributed by atoms with Crippen LogP contribution in [0, 0.1) is 6.92 Å². The summed E-state index contributed by atoms with van der Waals surface area (Å²) in [5.41, 5.74) is 3.26. The zero-order chi connectivity index (χ0) is 19.7. The molecule has 0 unspecified atom stereocenters. The maximum absolute atomic E-state index is 12.9. The van der Waals surface area contributed by atoms with Crippen molar-refractivity contribution >= 4 is 23.3 Å². The number of amides is 1. The van der Waals surface area contributed by atoms with E-state index in [1.54, 1.807) is 16.5 Å². The lowest BCUT2D eigenvalue weighted by atomic mass is 10.1. The van der Waals surface area contributed by atoms with E-state index in [1.165, 1.54) is 12.1 Å². The number of carboxylic acids is 1. The first-order chi connectivity index (χ1) is 13.5. The average Bonchev–Trinajstić information content (AvgIpc) is 3.06. The summed E-state index contributed by atoms with van der Waals surface area (Å²) in [5, 5.41) is 12.2. The number of rotatable bonds is 4. The average molecular weight is 371 g/mol. The second kappa shape index (κ2) is 7.00. The van der Waals surface area contributed by atoms with Crippen LogP contribution in [0.4, 0.5) is 5.82 Å². The van der Waals surface area contributed by atoms with Crippen LogP contribution >= 0.6 is 0 Å². The number of nitrogens with zero attached hydrogens (tertiary/aromatic N) is 2. The van der Waals surface area contributed by atoms with Gasteiger partial charge < -0.3 is 10.4 Å². The molecule has 2 N–H and O–H groups in total. The second-order valence-electron chi connectivity index (χ2n) is 6.41. The SMILES string of the molecule is Cc1ccn2c(NC(=O)c3ccccc3C(=O)O)c(-c3ccccc3)nc2c1. The highest BCUT2D eigenvalue weighted by Crippen LogP contribution is 2.29. The zero-order valence-electron chi connectivity index (χ0n) is 15.1. The van der Waals surface area contributed by atoms with Crippen molar-refractivity contribution in [1.29, 1.82) is 0 Å². The molecular formula is C22H17N3O3. The van der Waals surface area contributed by atoms with Gasteiger partial charge in [-0.25, -0.2) is 9.78 Å². The third-order valence-electron chi connectivity index (χ3n) is 4.46. The number of fused-ring (bicyclic) bond motifs is 1. The molecule has 0 aliphatic heterocycles. The Morgan fingerprint density at radius 1 is 0.964 bits per heavy atom. The molecule has 6 heteroatoms. The summed E-state index contributed by atoms with van der Waals surface area (Å²) in [6.07, 6.45) is 1.84. The van der Waals surface area contributed by atoms with Crippen LogP contribution in [-0.4, -0.2) is 26.4 Å². The minimum atomic E-state index is -1.15. The third kappa shape index (κ3) is 3.12. The normalized spacial score (nSPS) is 10.8. The largest absolute Gasteiger partial charge is 0.478 e. The molecule has 2 heterocycles. The van der Waals surface area contributed by atoms with Gasteiger partial charge in [0.15, 0.2) is 0 Å². The van der Waals surface area contributed by atoms with Crippen molar-refractivity contribution in [2.75, 3.05) is 5.32 Å². The highest BCUT2D eigenvalue weighted by atomic mass is 16.4. The Balaban J connectivity index is 1.84. The summed E-state index contributed by atoms with van der Waals surface area (Å²) in [4.78, 5) is 29.1. The molecule has 0 aliphatic rings. The molecule has 6 nitrogen and oxygen atoms in total. The highest BCUT2D eigenvalue weighted by molar-refractivity contribution is 6.11. The van der Waals surface area contributed by atoms with Gasteiger partial charge in [-0.05, 0) is 36.8 Å². The number of carbonyl (C=O) groups excluding carboxylic acids is 1. The summed E-state index contributed by atoms with van der Waals surface area (Å²) >= 11 is 0. The number of aromatic carboxylic acids is 1. The lowest BCUT2D eigenvalue weighted by molar-refractivity contribution is 0.0692. The van der Waals surface area contributed by atoms with E-state index in [1.807, 2.05) is 55.6 Å². The molecule has 0 fully saturated rings. The van der Waals surface area contributed by atoms with Crippen LogP contribution in [0.2, 0.25) is 0 Å². The Morgan fingerprint density at radius 2 is 1.64 bits per heavy atom. The summed E-state index contributed by atoms with van der Waals surface area (Å²) in [6, 6.07) is 19.5. The third-order valence-corrected chi connectivity index (χ3v) is 4.46. The van der Waals surface area contributed by atoms with Gasteiger partial charge in [-0.1, -0.05) is 42.5 Å². The number of carboxylic acid groups (broad SMARTS) is 1. The topological polar surface area (TPSA) is 83.7 Å². The fourth-order valence-corrected chi connectivity index (χ4v) is 3.11. The number of aromatic nitrogens is 2. The number of pyridine rings is 1. The first kappa shape index (κ1) is 17.5. The number of imidazole rings is 1. The van der Waals surface area contributed by atoms with Crippen LogP contribution < -0.4 is 5.32 Å². The van der Waals surface area contributed by atoms with Gasteiger partial charge in [-0.3, -0.25) is 9.20 Å². The van der Waals surface area contributed by atoms with Gasteiger partial charge >= 0.3 is 5.97 Å². The lowest BCUT2D eigenvalue weighted by Crippen LogP contribution is -2.17. The maximum atomic E-state index is 12.9. The van der Waals surface area contributed by atoms with E-state index in [2.05, 4.69) is 10.3 Å². The number of aryl methyl sites for hydroxylation is 1. The number of benzene rings is 2. The Hall–Kier alpha value is -3.93. The predicted molar refractivity (Wildman–Crippen MR) is 107 cm³/mol. The van der Waals surface area contributed by atoms with Crippen LogP contribution in [0.15, 0.2) is 72.9 Å². The van der Waals surface area contributed by atoms with Crippen LogP contribution in [0.1, 0.15) is 26.3 Å². The molecule has 0 saturated heterocycles. The molecule has 4 aromatic rings. The van der Waals surface area contributed by atoms with Crippen LogP contribution in [0.25, 0.3) is 16.9 Å². The molecule has 4 rings (SSSR count). The van der Waals surface area contributed by atoms with Crippen molar-refractivity contribution in [3.63, 3.8) is 0 Å². The minimum Gasteiger partial charge on any atom is -0.478 e. The summed E-state index contributed by atoms with van der Waals surface area (Å²) in [5.74, 6) is -1.16. The lowest BCUT2D eigenvalue weighted by Gasteiger charge is -2.10. The fourth-order valence-electron chi connectivity index (χ4n) is 3.11. The number of hydrogen-bond donors (Lipinski definition) is 2. The first-order valence-corrected chi connectivity index (χ1v) is 8.72. The molecule has 2 aromatic heterocycles. The molecule has 0 bridgehead atoms. The molecule has 1 amide bonds. The van der Waals surface area contributed by atoms with Gasteiger partial charge in [0, 0.05) is 11.8 Å². The molecule has 138 valence electrons. The minimum absolute atomic E-state index is 0.0501. The van der Waals surface area contributed by atoms with E-state index >= 15 is 0 Å². The Kier molecular flexibility index (Phi) is 4.37. The van der Waals surface area contributed by atoms with Crippen LogP contribution in [0.3, 0.4) is 0 Å². The summed E-state index contributed by atoms with van der Waals surface area (Å²) < 4.78 is 1.79. The van der Waals surface area contributed by atoms with Crippen molar-refractivity contribution in [1.82, 2.24) is 9.38 Å². The Bertz CT molecular complexity index is 1200.